The van der Waals surface area contributed by atoms with E-state index >= 15 is 0 Å². The Morgan fingerprint density at radius 3 is 0.935 bits per heavy atom. The number of aliphatic hydroxyl groups excluding tert-OH is 3. The molecule has 0 fully saturated rings. The molecule has 4 N–H and O–H groups in total. The Kier molecular flexibility index (Phi) is 51.5. The van der Waals surface area contributed by atoms with Crippen molar-refractivity contribution in [2.45, 2.75) is 327 Å². The molecule has 0 rings (SSSR count). The predicted molar refractivity (Wildman–Crippen MR) is 273 cm³/mol. The fraction of sp³-hybridized carbons (Fsp3) is 0.912. The van der Waals surface area contributed by atoms with Crippen molar-refractivity contribution in [3.8, 4) is 0 Å². The van der Waals surface area contributed by atoms with Crippen molar-refractivity contribution in [3.05, 3.63) is 24.3 Å². The van der Waals surface area contributed by atoms with Crippen molar-refractivity contribution >= 4 is 5.91 Å². The molecule has 368 valence electrons. The van der Waals surface area contributed by atoms with Crippen LogP contribution in [0, 0.1) is 0 Å². The summed E-state index contributed by atoms with van der Waals surface area (Å²) in [5.74, 6) is -0.151. The number of aliphatic hydroxyl groups is 3. The lowest BCUT2D eigenvalue weighted by molar-refractivity contribution is -0.124. The van der Waals surface area contributed by atoms with Crippen LogP contribution in [0.15, 0.2) is 24.3 Å². The first kappa shape index (κ1) is 60.8. The molecule has 0 saturated heterocycles. The van der Waals surface area contributed by atoms with Crippen LogP contribution < -0.4 is 5.32 Å². The summed E-state index contributed by atoms with van der Waals surface area (Å²) in [5, 5.41) is 33.7. The fourth-order valence-electron chi connectivity index (χ4n) is 8.93. The van der Waals surface area contributed by atoms with Gasteiger partial charge in [-0.15, -0.1) is 0 Å². The maximum atomic E-state index is 12.5. The highest BCUT2D eigenvalue weighted by Crippen LogP contribution is 2.17. The van der Waals surface area contributed by atoms with Crippen molar-refractivity contribution in [2.24, 2.45) is 0 Å². The molecule has 0 aromatic rings. The summed E-state index contributed by atoms with van der Waals surface area (Å²) in [6.45, 7) is 4.21. The number of allylic oxidation sites excluding steroid dienone is 4. The van der Waals surface area contributed by atoms with Crippen LogP contribution in [0.2, 0.25) is 0 Å². The Balaban J connectivity index is 3.56. The number of nitrogens with one attached hydrogen (secondary N) is 1. The first-order valence-corrected chi connectivity index (χ1v) is 28.1. The number of hydrogen-bond acceptors (Lipinski definition) is 4. The number of unbranched alkanes of at least 4 members (excludes halogenated alkanes) is 40. The van der Waals surface area contributed by atoms with E-state index in [4.69, 9.17) is 0 Å². The number of carbonyl (C=O) groups excluding carboxylic acids is 1. The molecule has 0 aliphatic carbocycles. The molecule has 62 heavy (non-hydrogen) atoms. The summed E-state index contributed by atoms with van der Waals surface area (Å²) in [4.78, 5) is 12.5. The Morgan fingerprint density at radius 1 is 0.387 bits per heavy atom. The van der Waals surface area contributed by atoms with E-state index in [0.717, 1.165) is 38.5 Å². The summed E-state index contributed by atoms with van der Waals surface area (Å²) >= 11 is 0. The summed E-state index contributed by atoms with van der Waals surface area (Å²) in [6.07, 6.45) is 66.2. The molecule has 5 heteroatoms. The second-order valence-corrected chi connectivity index (χ2v) is 19.5. The van der Waals surface area contributed by atoms with Crippen LogP contribution in [-0.4, -0.2) is 46.1 Å². The second-order valence-electron chi connectivity index (χ2n) is 19.5. The SMILES string of the molecule is CCCCCCCCCCCCCC/C=C\CCCCCCCCCCCCC(=O)NC(CO)C(O)C(O)CCC/C=C/CCCCCCCCCCCCCCCCCCC. The third-order valence-electron chi connectivity index (χ3n) is 13.3. The van der Waals surface area contributed by atoms with Crippen LogP contribution in [0.5, 0.6) is 0 Å². The zero-order valence-corrected chi connectivity index (χ0v) is 42.0. The molecule has 0 aliphatic heterocycles. The van der Waals surface area contributed by atoms with E-state index in [1.165, 1.54) is 244 Å². The van der Waals surface area contributed by atoms with Gasteiger partial charge < -0.3 is 20.6 Å². The van der Waals surface area contributed by atoms with Gasteiger partial charge in [0, 0.05) is 6.42 Å². The largest absolute Gasteiger partial charge is 0.394 e. The standard InChI is InChI=1S/C57H111NO4/c1-3-5-7-9-11-13-15-17-19-21-23-25-27-28-29-30-32-34-36-38-40-42-44-46-48-50-52-56(61)58-54(53-59)57(62)55(60)51-49-47-45-43-41-39-37-35-33-31-26-24-22-20-18-16-14-12-10-8-6-4-2/h28-29,43,45,54-55,57,59-60,62H,3-27,30-42,44,46-53H2,1-2H3,(H,58,61)/b29-28-,45-43+. The topological polar surface area (TPSA) is 89.8 Å². The third-order valence-corrected chi connectivity index (χ3v) is 13.3. The van der Waals surface area contributed by atoms with Crippen molar-refractivity contribution < 1.29 is 20.1 Å². The van der Waals surface area contributed by atoms with Crippen LogP contribution in [0.25, 0.3) is 0 Å². The van der Waals surface area contributed by atoms with E-state index < -0.39 is 18.2 Å². The highest BCUT2D eigenvalue weighted by molar-refractivity contribution is 5.76. The molecule has 0 saturated carbocycles. The average Bonchev–Trinajstić information content (AvgIpc) is 3.28. The van der Waals surface area contributed by atoms with Gasteiger partial charge in [0.25, 0.3) is 0 Å². The van der Waals surface area contributed by atoms with E-state index in [1.54, 1.807) is 0 Å². The van der Waals surface area contributed by atoms with Crippen molar-refractivity contribution in [1.29, 1.82) is 0 Å². The molecule has 3 atom stereocenters. The van der Waals surface area contributed by atoms with Crippen molar-refractivity contribution in [3.63, 3.8) is 0 Å². The summed E-state index contributed by atoms with van der Waals surface area (Å²) in [6, 6.07) is -0.826. The Bertz CT molecular complexity index is 920. The Hall–Kier alpha value is -1.17. The monoisotopic (exact) mass is 874 g/mol. The molecule has 0 aromatic carbocycles. The third kappa shape index (κ3) is 46.8. The van der Waals surface area contributed by atoms with Crippen LogP contribution in [0.3, 0.4) is 0 Å². The van der Waals surface area contributed by atoms with Gasteiger partial charge in [-0.3, -0.25) is 4.79 Å². The van der Waals surface area contributed by atoms with Crippen LogP contribution in [-0.2, 0) is 4.79 Å². The van der Waals surface area contributed by atoms with E-state index in [2.05, 4.69) is 43.5 Å². The second kappa shape index (κ2) is 52.5. The molecule has 0 radical (unpaired) electrons. The number of hydrogen-bond donors (Lipinski definition) is 4. The van der Waals surface area contributed by atoms with Gasteiger partial charge in [0.05, 0.1) is 18.8 Å². The van der Waals surface area contributed by atoms with Gasteiger partial charge in [-0.1, -0.05) is 263 Å². The zero-order chi connectivity index (χ0) is 45.1. The molecule has 1 amide bonds. The zero-order valence-electron chi connectivity index (χ0n) is 42.0. The summed E-state index contributed by atoms with van der Waals surface area (Å²) in [5.41, 5.74) is 0. The predicted octanol–water partition coefficient (Wildman–Crippen LogP) is 17.3. The van der Waals surface area contributed by atoms with Gasteiger partial charge in [0.15, 0.2) is 0 Å². The number of rotatable bonds is 52. The quantitative estimate of drug-likeness (QED) is 0.0362. The minimum absolute atomic E-state index is 0.151. The van der Waals surface area contributed by atoms with Gasteiger partial charge in [-0.2, -0.15) is 0 Å². The molecule has 0 aliphatic rings. The average molecular weight is 875 g/mol. The number of amides is 1. The van der Waals surface area contributed by atoms with E-state index in [0.29, 0.717) is 12.8 Å². The fourth-order valence-corrected chi connectivity index (χ4v) is 8.93. The van der Waals surface area contributed by atoms with E-state index in [-0.39, 0.29) is 12.5 Å². The number of carbonyl (C=O) groups is 1. The first-order chi connectivity index (χ1) is 30.6. The Labute approximate surface area is 388 Å². The lowest BCUT2D eigenvalue weighted by atomic mass is 10.0. The van der Waals surface area contributed by atoms with Gasteiger partial charge in [-0.25, -0.2) is 0 Å². The smallest absolute Gasteiger partial charge is 0.220 e. The van der Waals surface area contributed by atoms with Crippen LogP contribution in [0.1, 0.15) is 309 Å². The van der Waals surface area contributed by atoms with Gasteiger partial charge >= 0.3 is 0 Å². The molecular weight excluding hydrogens is 763 g/mol. The van der Waals surface area contributed by atoms with E-state index in [1.807, 2.05) is 0 Å². The maximum absolute atomic E-state index is 12.5. The molecule has 0 aromatic heterocycles. The summed E-state index contributed by atoms with van der Waals surface area (Å²) in [7, 11) is 0. The van der Waals surface area contributed by atoms with Gasteiger partial charge in [0.1, 0.15) is 6.10 Å². The van der Waals surface area contributed by atoms with Crippen LogP contribution in [0.4, 0.5) is 0 Å². The molecule has 3 unspecified atom stereocenters. The molecule has 0 spiro atoms. The van der Waals surface area contributed by atoms with Gasteiger partial charge in [-0.05, 0) is 64.2 Å². The van der Waals surface area contributed by atoms with Crippen molar-refractivity contribution in [2.75, 3.05) is 6.61 Å². The summed E-state index contributed by atoms with van der Waals surface area (Å²) < 4.78 is 0. The van der Waals surface area contributed by atoms with Gasteiger partial charge in [0.2, 0.25) is 5.91 Å². The first-order valence-electron chi connectivity index (χ1n) is 28.1. The van der Waals surface area contributed by atoms with Crippen molar-refractivity contribution in [1.82, 2.24) is 5.32 Å². The minimum atomic E-state index is -1.16. The molecule has 5 nitrogen and oxygen atoms in total. The Morgan fingerprint density at radius 2 is 0.645 bits per heavy atom. The van der Waals surface area contributed by atoms with Crippen LogP contribution >= 0.6 is 0 Å². The molecule has 0 bridgehead atoms. The maximum Gasteiger partial charge on any atom is 0.220 e. The highest BCUT2D eigenvalue weighted by atomic mass is 16.3. The lowest BCUT2D eigenvalue weighted by Crippen LogP contribution is -2.50. The normalized spacial score (nSPS) is 13.4. The highest BCUT2D eigenvalue weighted by Gasteiger charge is 2.26. The lowest BCUT2D eigenvalue weighted by Gasteiger charge is -2.26. The van der Waals surface area contributed by atoms with E-state index in [9.17, 15) is 20.1 Å². The minimum Gasteiger partial charge on any atom is -0.394 e. The molecular formula is C57H111NO4. The molecule has 0 heterocycles.